The van der Waals surface area contributed by atoms with Gasteiger partial charge in [-0.3, -0.25) is 14.9 Å². The van der Waals surface area contributed by atoms with Crippen LogP contribution in [0, 0.1) is 10.1 Å². The van der Waals surface area contributed by atoms with Gasteiger partial charge in [0.2, 0.25) is 0 Å². The van der Waals surface area contributed by atoms with Gasteiger partial charge < -0.3 is 20.1 Å². The minimum absolute atomic E-state index is 0.0893. The van der Waals surface area contributed by atoms with E-state index in [2.05, 4.69) is 5.32 Å². The van der Waals surface area contributed by atoms with E-state index in [0.29, 0.717) is 6.42 Å². The summed E-state index contributed by atoms with van der Waals surface area (Å²) in [6.07, 6.45) is 1.55. The number of aliphatic hydroxyl groups is 2. The number of aliphatic hydroxyl groups excluding tert-OH is 2. The molecule has 0 aliphatic rings. The lowest BCUT2D eigenvalue weighted by Crippen LogP contribution is -2.54. The molecule has 0 aromatic carbocycles. The fourth-order valence-corrected chi connectivity index (χ4v) is 1.62. The Morgan fingerprint density at radius 2 is 2.11 bits per heavy atom. The lowest BCUT2D eigenvalue weighted by Gasteiger charge is -2.29. The number of rotatable bonds is 6. The molecule has 0 atom stereocenters. The monoisotopic (exact) mass is 271 g/mol. The molecule has 0 saturated heterocycles. The first-order chi connectivity index (χ1) is 8.89. The number of aromatic nitrogens is 1. The molecular formula is C11H17N3O5. The molecule has 1 aromatic rings. The summed E-state index contributed by atoms with van der Waals surface area (Å²) in [6.45, 7) is 0.872. The zero-order chi connectivity index (χ0) is 14.6. The molecule has 0 radical (unpaired) electrons. The Morgan fingerprint density at radius 1 is 1.53 bits per heavy atom. The van der Waals surface area contributed by atoms with Gasteiger partial charge in [0.05, 0.1) is 29.9 Å². The minimum atomic E-state index is -1.13. The summed E-state index contributed by atoms with van der Waals surface area (Å²) in [6, 6.07) is 1.14. The van der Waals surface area contributed by atoms with E-state index in [4.69, 9.17) is 0 Å². The molecular weight excluding hydrogens is 254 g/mol. The average Bonchev–Trinajstić information content (AvgIpc) is 2.78. The van der Waals surface area contributed by atoms with Crippen LogP contribution in [0.4, 0.5) is 5.69 Å². The molecule has 0 bridgehead atoms. The third kappa shape index (κ3) is 3.09. The Balaban J connectivity index is 2.98. The minimum Gasteiger partial charge on any atom is -0.394 e. The van der Waals surface area contributed by atoms with Crippen LogP contribution >= 0.6 is 0 Å². The first-order valence-corrected chi connectivity index (χ1v) is 5.74. The Labute approximate surface area is 109 Å². The molecule has 0 aliphatic carbocycles. The molecule has 3 N–H and O–H groups in total. The van der Waals surface area contributed by atoms with Crippen LogP contribution < -0.4 is 5.32 Å². The second-order valence-electron chi connectivity index (χ2n) is 4.36. The van der Waals surface area contributed by atoms with Crippen LogP contribution in [0.3, 0.4) is 0 Å². The molecule has 1 heterocycles. The number of hydrogen-bond donors (Lipinski definition) is 3. The molecule has 19 heavy (non-hydrogen) atoms. The zero-order valence-electron chi connectivity index (χ0n) is 10.8. The zero-order valence-corrected chi connectivity index (χ0v) is 10.8. The van der Waals surface area contributed by atoms with Crippen LogP contribution in [0.5, 0.6) is 0 Å². The van der Waals surface area contributed by atoms with Gasteiger partial charge in [0.25, 0.3) is 11.6 Å². The average molecular weight is 271 g/mol. The van der Waals surface area contributed by atoms with Crippen LogP contribution in [0.25, 0.3) is 0 Å². The molecule has 1 amide bonds. The van der Waals surface area contributed by atoms with E-state index in [1.807, 2.05) is 0 Å². The van der Waals surface area contributed by atoms with Crippen molar-refractivity contribution in [2.24, 2.45) is 7.05 Å². The third-order valence-electron chi connectivity index (χ3n) is 3.09. The van der Waals surface area contributed by atoms with Crippen LogP contribution in [0.1, 0.15) is 23.8 Å². The molecule has 8 heteroatoms. The Kier molecular flexibility index (Phi) is 4.62. The summed E-state index contributed by atoms with van der Waals surface area (Å²) in [7, 11) is 1.51. The summed E-state index contributed by atoms with van der Waals surface area (Å²) < 4.78 is 1.32. The number of nitro groups is 1. The van der Waals surface area contributed by atoms with Crippen molar-refractivity contribution in [3.63, 3.8) is 0 Å². The van der Waals surface area contributed by atoms with Gasteiger partial charge in [-0.05, 0) is 6.42 Å². The fourth-order valence-electron chi connectivity index (χ4n) is 1.62. The summed E-state index contributed by atoms with van der Waals surface area (Å²) in [5, 5.41) is 31.6. The van der Waals surface area contributed by atoms with Gasteiger partial charge in [-0.1, -0.05) is 6.92 Å². The molecule has 0 spiro atoms. The number of amides is 1. The van der Waals surface area contributed by atoms with Crippen LogP contribution in [-0.2, 0) is 7.05 Å². The molecule has 0 fully saturated rings. The van der Waals surface area contributed by atoms with Crippen molar-refractivity contribution >= 4 is 11.6 Å². The summed E-state index contributed by atoms with van der Waals surface area (Å²) in [4.78, 5) is 22.0. The van der Waals surface area contributed by atoms with Gasteiger partial charge in [-0.25, -0.2) is 0 Å². The van der Waals surface area contributed by atoms with Gasteiger partial charge >= 0.3 is 0 Å². The normalized spacial score (nSPS) is 11.4. The standard InChI is InChI=1S/C11H17N3O5/c1-3-11(6-15,7-16)12-10(17)9-4-8(14(18)19)5-13(9)2/h4-5,15-16H,3,6-7H2,1-2H3,(H,12,17). The molecule has 8 nitrogen and oxygen atoms in total. The molecule has 1 aromatic heterocycles. The maximum atomic E-state index is 12.0. The number of nitrogens with zero attached hydrogens (tertiary/aromatic N) is 2. The Hall–Kier alpha value is -1.93. The van der Waals surface area contributed by atoms with Crippen molar-refractivity contribution < 1.29 is 19.9 Å². The largest absolute Gasteiger partial charge is 0.394 e. The topological polar surface area (TPSA) is 118 Å². The predicted molar refractivity (Wildman–Crippen MR) is 66.7 cm³/mol. The molecule has 106 valence electrons. The van der Waals surface area contributed by atoms with E-state index in [1.165, 1.54) is 17.8 Å². The Morgan fingerprint density at radius 3 is 2.47 bits per heavy atom. The van der Waals surface area contributed by atoms with Crippen molar-refractivity contribution in [3.8, 4) is 0 Å². The lowest BCUT2D eigenvalue weighted by atomic mass is 9.98. The molecule has 0 aliphatic heterocycles. The van der Waals surface area contributed by atoms with E-state index in [1.54, 1.807) is 6.92 Å². The highest BCUT2D eigenvalue weighted by Crippen LogP contribution is 2.17. The number of carbonyl (C=O) groups is 1. The van der Waals surface area contributed by atoms with E-state index in [0.717, 1.165) is 6.07 Å². The molecule has 1 rings (SSSR count). The van der Waals surface area contributed by atoms with Crippen LogP contribution in [-0.4, -0.2) is 44.4 Å². The maximum absolute atomic E-state index is 12.0. The van der Waals surface area contributed by atoms with Crippen LogP contribution in [0.15, 0.2) is 12.3 Å². The SMILES string of the molecule is CCC(CO)(CO)NC(=O)c1cc([N+](=O)[O-])cn1C. The van der Waals surface area contributed by atoms with Crippen molar-refractivity contribution in [2.75, 3.05) is 13.2 Å². The highest BCUT2D eigenvalue weighted by molar-refractivity contribution is 5.94. The van der Waals surface area contributed by atoms with Gasteiger partial charge in [-0.15, -0.1) is 0 Å². The summed E-state index contributed by atoms with van der Waals surface area (Å²) in [5.74, 6) is -0.583. The van der Waals surface area contributed by atoms with Crippen molar-refractivity contribution in [2.45, 2.75) is 18.9 Å². The maximum Gasteiger partial charge on any atom is 0.287 e. The van der Waals surface area contributed by atoms with Crippen LogP contribution in [0.2, 0.25) is 0 Å². The predicted octanol–water partition coefficient (Wildman–Crippen LogP) is -0.204. The number of hydrogen-bond acceptors (Lipinski definition) is 5. The molecule has 0 saturated carbocycles. The summed E-state index contributed by atoms with van der Waals surface area (Å²) in [5.41, 5.74) is -1.23. The molecule has 0 unspecified atom stereocenters. The van der Waals surface area contributed by atoms with Crippen molar-refractivity contribution in [1.29, 1.82) is 0 Å². The highest BCUT2D eigenvalue weighted by Gasteiger charge is 2.30. The van der Waals surface area contributed by atoms with E-state index in [9.17, 15) is 25.1 Å². The second-order valence-corrected chi connectivity index (χ2v) is 4.36. The lowest BCUT2D eigenvalue weighted by molar-refractivity contribution is -0.384. The van der Waals surface area contributed by atoms with Gasteiger partial charge in [0.15, 0.2) is 0 Å². The second kappa shape index (κ2) is 5.81. The fraction of sp³-hybridized carbons (Fsp3) is 0.545. The smallest absolute Gasteiger partial charge is 0.287 e. The van der Waals surface area contributed by atoms with E-state index < -0.39 is 29.6 Å². The number of aryl methyl sites for hydroxylation is 1. The first-order valence-electron chi connectivity index (χ1n) is 5.74. The quantitative estimate of drug-likeness (QED) is 0.489. The van der Waals surface area contributed by atoms with Crippen molar-refractivity contribution in [3.05, 3.63) is 28.1 Å². The van der Waals surface area contributed by atoms with Gasteiger partial charge in [0.1, 0.15) is 5.69 Å². The van der Waals surface area contributed by atoms with Crippen molar-refractivity contribution in [1.82, 2.24) is 9.88 Å². The van der Waals surface area contributed by atoms with E-state index >= 15 is 0 Å². The van der Waals surface area contributed by atoms with E-state index in [-0.39, 0.29) is 11.4 Å². The number of carbonyl (C=O) groups excluding carboxylic acids is 1. The first kappa shape index (κ1) is 15.1. The highest BCUT2D eigenvalue weighted by atomic mass is 16.6. The third-order valence-corrected chi connectivity index (χ3v) is 3.09. The Bertz CT molecular complexity index is 470. The summed E-state index contributed by atoms with van der Waals surface area (Å²) >= 11 is 0. The van der Waals surface area contributed by atoms with Gasteiger partial charge in [0, 0.05) is 13.1 Å². The van der Waals surface area contributed by atoms with Gasteiger partial charge in [-0.2, -0.15) is 0 Å². The number of nitrogens with one attached hydrogen (secondary N) is 1.